The molecule has 28 heavy (non-hydrogen) atoms. The number of benzene rings is 2. The Balaban J connectivity index is 1.61. The lowest BCUT2D eigenvalue weighted by Crippen LogP contribution is -2.23. The van der Waals surface area contributed by atoms with Crippen molar-refractivity contribution >= 4 is 22.6 Å². The van der Waals surface area contributed by atoms with Crippen LogP contribution in [-0.2, 0) is 0 Å². The van der Waals surface area contributed by atoms with Gasteiger partial charge in [-0.3, -0.25) is 9.36 Å². The highest BCUT2D eigenvalue weighted by Crippen LogP contribution is 2.30. The summed E-state index contributed by atoms with van der Waals surface area (Å²) in [5, 5.41) is 2.90. The number of para-hydroxylation sites is 2. The van der Waals surface area contributed by atoms with Gasteiger partial charge >= 0.3 is 5.69 Å². The average Bonchev–Trinajstić information content (AvgIpc) is 3.05. The van der Waals surface area contributed by atoms with Gasteiger partial charge < -0.3 is 15.0 Å². The predicted octanol–water partition coefficient (Wildman–Crippen LogP) is 4.49. The lowest BCUT2D eigenvalue weighted by molar-refractivity contribution is 0.102. The zero-order valence-corrected chi connectivity index (χ0v) is 16.0. The van der Waals surface area contributed by atoms with E-state index >= 15 is 0 Å². The maximum atomic E-state index is 12.7. The van der Waals surface area contributed by atoms with E-state index in [-0.39, 0.29) is 17.6 Å². The largest absolute Gasteiger partial charge is 0.492 e. The number of rotatable bonds is 5. The molecule has 4 rings (SSSR count). The number of carbonyl (C=O) groups excluding carboxylic acids is 1. The molecule has 6 heteroatoms. The van der Waals surface area contributed by atoms with Crippen LogP contribution >= 0.6 is 0 Å². The van der Waals surface area contributed by atoms with Crippen molar-refractivity contribution in [3.63, 3.8) is 0 Å². The molecule has 0 saturated heterocycles. The SMILES string of the molecule is CCOc1ccccc1NC(=O)c1ccc2c(c1)[nH]c(=O)n2C1CCCCC1. The Kier molecular flexibility index (Phi) is 5.19. The molecule has 0 unspecified atom stereocenters. The number of nitrogens with zero attached hydrogens (tertiary/aromatic N) is 1. The third-order valence-corrected chi connectivity index (χ3v) is 5.35. The summed E-state index contributed by atoms with van der Waals surface area (Å²) in [7, 11) is 0. The molecule has 2 N–H and O–H groups in total. The first-order valence-corrected chi connectivity index (χ1v) is 9.95. The Labute approximate surface area is 163 Å². The molecule has 2 aromatic carbocycles. The molecule has 0 radical (unpaired) electrons. The Morgan fingerprint density at radius 2 is 1.96 bits per heavy atom. The van der Waals surface area contributed by atoms with E-state index in [2.05, 4.69) is 10.3 Å². The number of carbonyl (C=O) groups is 1. The predicted molar refractivity (Wildman–Crippen MR) is 110 cm³/mol. The fourth-order valence-corrected chi connectivity index (χ4v) is 4.02. The third-order valence-electron chi connectivity index (χ3n) is 5.35. The molecule has 1 fully saturated rings. The number of aromatic nitrogens is 2. The first kappa shape index (κ1) is 18.3. The quantitative estimate of drug-likeness (QED) is 0.686. The van der Waals surface area contributed by atoms with Gasteiger partial charge in [-0.25, -0.2) is 4.79 Å². The number of fused-ring (bicyclic) bond motifs is 1. The van der Waals surface area contributed by atoms with Crippen LogP contribution in [0.3, 0.4) is 0 Å². The molecule has 1 aliphatic rings. The highest BCUT2D eigenvalue weighted by Gasteiger charge is 2.20. The van der Waals surface area contributed by atoms with Crippen LogP contribution in [0, 0.1) is 0 Å². The van der Waals surface area contributed by atoms with Crippen molar-refractivity contribution in [1.29, 1.82) is 0 Å². The fraction of sp³-hybridized carbons (Fsp3) is 0.364. The average molecular weight is 379 g/mol. The molecule has 6 nitrogen and oxygen atoms in total. The van der Waals surface area contributed by atoms with Crippen LogP contribution in [0.15, 0.2) is 47.3 Å². The van der Waals surface area contributed by atoms with E-state index in [1.165, 1.54) is 6.42 Å². The molecule has 1 heterocycles. The second kappa shape index (κ2) is 7.92. The smallest absolute Gasteiger partial charge is 0.326 e. The number of amides is 1. The van der Waals surface area contributed by atoms with Crippen LogP contribution in [0.4, 0.5) is 5.69 Å². The van der Waals surface area contributed by atoms with Gasteiger partial charge in [-0.1, -0.05) is 31.4 Å². The first-order valence-electron chi connectivity index (χ1n) is 9.95. The molecule has 146 valence electrons. The van der Waals surface area contributed by atoms with Gasteiger partial charge in [0.1, 0.15) is 5.75 Å². The molecular weight excluding hydrogens is 354 g/mol. The minimum absolute atomic E-state index is 0.0962. The van der Waals surface area contributed by atoms with Crippen molar-refractivity contribution in [2.45, 2.75) is 45.1 Å². The van der Waals surface area contributed by atoms with Crippen LogP contribution in [0.2, 0.25) is 0 Å². The molecule has 0 spiro atoms. The van der Waals surface area contributed by atoms with Gasteiger partial charge in [-0.05, 0) is 50.1 Å². The van der Waals surface area contributed by atoms with Gasteiger partial charge in [0.05, 0.1) is 23.3 Å². The highest BCUT2D eigenvalue weighted by atomic mass is 16.5. The van der Waals surface area contributed by atoms with Gasteiger partial charge in [0.2, 0.25) is 0 Å². The second-order valence-corrected chi connectivity index (χ2v) is 7.21. The summed E-state index contributed by atoms with van der Waals surface area (Å²) in [6.45, 7) is 2.43. The number of aromatic amines is 1. The van der Waals surface area contributed by atoms with E-state index in [0.717, 1.165) is 31.2 Å². The normalized spacial score (nSPS) is 14.9. The Bertz CT molecular complexity index is 1040. The summed E-state index contributed by atoms with van der Waals surface area (Å²) >= 11 is 0. The van der Waals surface area contributed by atoms with Crippen LogP contribution in [0.1, 0.15) is 55.4 Å². The zero-order valence-electron chi connectivity index (χ0n) is 16.0. The number of hydrogen-bond acceptors (Lipinski definition) is 3. The minimum Gasteiger partial charge on any atom is -0.492 e. The van der Waals surface area contributed by atoms with Gasteiger partial charge in [-0.2, -0.15) is 0 Å². The summed E-state index contributed by atoms with van der Waals surface area (Å²) in [4.78, 5) is 28.2. The van der Waals surface area contributed by atoms with E-state index in [4.69, 9.17) is 4.74 Å². The highest BCUT2D eigenvalue weighted by molar-refractivity contribution is 6.06. The summed E-state index contributed by atoms with van der Waals surface area (Å²) in [6.07, 6.45) is 5.61. The standard InChI is InChI=1S/C22H25N3O3/c1-2-28-20-11-7-6-10-17(20)23-21(26)15-12-13-19-18(14-15)24-22(27)25(19)16-8-4-3-5-9-16/h6-7,10-14,16H,2-5,8-9H2,1H3,(H,23,26)(H,24,27). The van der Waals surface area contributed by atoms with E-state index < -0.39 is 0 Å². The summed E-state index contributed by atoms with van der Waals surface area (Å²) in [5.41, 5.74) is 2.59. The van der Waals surface area contributed by atoms with Crippen LogP contribution in [0.5, 0.6) is 5.75 Å². The molecule has 0 bridgehead atoms. The monoisotopic (exact) mass is 379 g/mol. The van der Waals surface area contributed by atoms with E-state index in [0.29, 0.717) is 29.1 Å². The van der Waals surface area contributed by atoms with Crippen LogP contribution in [0.25, 0.3) is 11.0 Å². The maximum Gasteiger partial charge on any atom is 0.326 e. The second-order valence-electron chi connectivity index (χ2n) is 7.21. The maximum absolute atomic E-state index is 12.7. The van der Waals surface area contributed by atoms with E-state index in [9.17, 15) is 9.59 Å². The Hall–Kier alpha value is -3.02. The number of ether oxygens (including phenoxy) is 1. The van der Waals surface area contributed by atoms with Crippen molar-refractivity contribution in [3.05, 3.63) is 58.5 Å². The molecule has 1 saturated carbocycles. The first-order chi connectivity index (χ1) is 13.7. The van der Waals surface area contributed by atoms with Crippen molar-refractivity contribution in [3.8, 4) is 5.75 Å². The lowest BCUT2D eigenvalue weighted by Gasteiger charge is -2.22. The minimum atomic E-state index is -0.236. The van der Waals surface area contributed by atoms with Crippen LogP contribution < -0.4 is 15.7 Å². The topological polar surface area (TPSA) is 76.1 Å². The Morgan fingerprint density at radius 1 is 1.18 bits per heavy atom. The van der Waals surface area contributed by atoms with Gasteiger partial charge in [0.25, 0.3) is 5.91 Å². The third kappa shape index (κ3) is 3.54. The molecule has 1 aliphatic carbocycles. The lowest BCUT2D eigenvalue weighted by atomic mass is 9.95. The summed E-state index contributed by atoms with van der Waals surface area (Å²) in [6, 6.07) is 13.0. The summed E-state index contributed by atoms with van der Waals surface area (Å²) in [5.74, 6) is 0.400. The van der Waals surface area contributed by atoms with Crippen molar-refractivity contribution in [2.75, 3.05) is 11.9 Å². The number of anilines is 1. The van der Waals surface area contributed by atoms with E-state index in [1.54, 1.807) is 12.1 Å². The molecule has 3 aromatic rings. The molecule has 1 amide bonds. The fourth-order valence-electron chi connectivity index (χ4n) is 4.02. The molecule has 0 aliphatic heterocycles. The van der Waals surface area contributed by atoms with Gasteiger partial charge in [0, 0.05) is 11.6 Å². The molecule has 1 aromatic heterocycles. The number of nitrogens with one attached hydrogen (secondary N) is 2. The van der Waals surface area contributed by atoms with Gasteiger partial charge in [-0.15, -0.1) is 0 Å². The van der Waals surface area contributed by atoms with Crippen molar-refractivity contribution < 1.29 is 9.53 Å². The summed E-state index contributed by atoms with van der Waals surface area (Å²) < 4.78 is 7.43. The van der Waals surface area contributed by atoms with Gasteiger partial charge in [0.15, 0.2) is 0 Å². The van der Waals surface area contributed by atoms with Crippen molar-refractivity contribution in [1.82, 2.24) is 9.55 Å². The number of imidazole rings is 1. The zero-order chi connectivity index (χ0) is 19.5. The number of H-pyrrole nitrogens is 1. The number of hydrogen-bond donors (Lipinski definition) is 2. The van der Waals surface area contributed by atoms with E-state index in [1.807, 2.05) is 41.8 Å². The van der Waals surface area contributed by atoms with Crippen molar-refractivity contribution in [2.24, 2.45) is 0 Å². The molecule has 0 atom stereocenters. The van der Waals surface area contributed by atoms with Crippen LogP contribution in [-0.4, -0.2) is 22.1 Å². The Morgan fingerprint density at radius 3 is 2.75 bits per heavy atom. The molecular formula is C22H25N3O3.